The highest BCUT2D eigenvalue weighted by Crippen LogP contribution is 2.34. The van der Waals surface area contributed by atoms with Gasteiger partial charge in [-0.15, -0.1) is 11.8 Å². The van der Waals surface area contributed by atoms with E-state index in [0.717, 1.165) is 4.90 Å². The number of carbonyl (C=O) groups is 1. The van der Waals surface area contributed by atoms with Crippen molar-refractivity contribution >= 4 is 29.3 Å². The van der Waals surface area contributed by atoms with E-state index in [0.29, 0.717) is 22.5 Å². The lowest BCUT2D eigenvalue weighted by molar-refractivity contribution is -0.385. The summed E-state index contributed by atoms with van der Waals surface area (Å²) in [7, 11) is 0. The first kappa shape index (κ1) is 13.6. The number of nitrogens with zero attached hydrogens (tertiary/aromatic N) is 1. The predicted octanol–water partition coefficient (Wildman–Crippen LogP) is 3.97. The van der Waals surface area contributed by atoms with E-state index in [4.69, 9.17) is 0 Å². The molecular formula is C16H11NO3S. The number of rotatable bonds is 2. The van der Waals surface area contributed by atoms with Crippen molar-refractivity contribution in [1.29, 1.82) is 0 Å². The molecule has 0 saturated heterocycles. The van der Waals surface area contributed by atoms with Crippen LogP contribution < -0.4 is 0 Å². The molecule has 0 radical (unpaired) electrons. The number of carbonyl (C=O) groups excluding carboxylic acids is 1. The Bertz CT molecular complexity index is 768. The molecule has 1 aliphatic heterocycles. The zero-order valence-electron chi connectivity index (χ0n) is 11.0. The number of fused-ring (bicyclic) bond motifs is 1. The van der Waals surface area contributed by atoms with Crippen molar-refractivity contribution in [2.45, 2.75) is 4.90 Å². The van der Waals surface area contributed by atoms with Gasteiger partial charge in [0.2, 0.25) is 0 Å². The third-order valence-corrected chi connectivity index (χ3v) is 4.39. The first-order valence-electron chi connectivity index (χ1n) is 6.37. The molecule has 0 unspecified atom stereocenters. The number of Topliss-reactive ketones (excluding diaryl/α,β-unsaturated/α-hetero) is 1. The van der Waals surface area contributed by atoms with E-state index in [2.05, 4.69) is 0 Å². The van der Waals surface area contributed by atoms with E-state index in [1.165, 1.54) is 6.07 Å². The molecule has 0 aromatic heterocycles. The second kappa shape index (κ2) is 5.54. The molecule has 2 aromatic carbocycles. The van der Waals surface area contributed by atoms with E-state index in [-0.39, 0.29) is 11.5 Å². The molecule has 0 fully saturated rings. The average Bonchev–Trinajstić information content (AvgIpc) is 2.51. The van der Waals surface area contributed by atoms with Crippen LogP contribution >= 0.6 is 11.8 Å². The Morgan fingerprint density at radius 2 is 1.81 bits per heavy atom. The van der Waals surface area contributed by atoms with Crippen molar-refractivity contribution in [3.8, 4) is 0 Å². The summed E-state index contributed by atoms with van der Waals surface area (Å²) in [6, 6.07) is 13.9. The quantitative estimate of drug-likeness (QED) is 0.478. The lowest BCUT2D eigenvalue weighted by atomic mass is 10.0. The largest absolute Gasteiger partial charge is 0.289 e. The fourth-order valence-electron chi connectivity index (χ4n) is 2.24. The molecule has 4 nitrogen and oxygen atoms in total. The van der Waals surface area contributed by atoms with Gasteiger partial charge in [-0.05, 0) is 24.3 Å². The standard InChI is InChI=1S/C16H11NO3S/c18-16-12(10-21-15-8-4-2-6-13(15)16)9-11-5-1-3-7-14(11)17(19)20/h1-9H,10H2/b12-9+. The summed E-state index contributed by atoms with van der Waals surface area (Å²) in [5, 5.41) is 11.0. The number of nitro groups is 1. The molecule has 2 aromatic rings. The van der Waals surface area contributed by atoms with Crippen LogP contribution in [-0.2, 0) is 0 Å². The Labute approximate surface area is 125 Å². The number of benzene rings is 2. The molecular weight excluding hydrogens is 286 g/mol. The maximum absolute atomic E-state index is 12.5. The number of hydrogen-bond acceptors (Lipinski definition) is 4. The molecule has 0 atom stereocenters. The normalized spacial score (nSPS) is 15.8. The first-order valence-corrected chi connectivity index (χ1v) is 7.36. The highest BCUT2D eigenvalue weighted by molar-refractivity contribution is 7.99. The lowest BCUT2D eigenvalue weighted by Crippen LogP contribution is -2.12. The lowest BCUT2D eigenvalue weighted by Gasteiger charge is -2.16. The topological polar surface area (TPSA) is 60.2 Å². The van der Waals surface area contributed by atoms with Crippen LogP contribution in [0.4, 0.5) is 5.69 Å². The maximum Gasteiger partial charge on any atom is 0.276 e. The number of thioether (sulfide) groups is 1. The van der Waals surface area contributed by atoms with Crippen molar-refractivity contribution in [2.75, 3.05) is 5.75 Å². The van der Waals surface area contributed by atoms with Crippen molar-refractivity contribution in [3.63, 3.8) is 0 Å². The first-order chi connectivity index (χ1) is 10.2. The molecule has 0 bridgehead atoms. The van der Waals surface area contributed by atoms with Gasteiger partial charge in [-0.1, -0.05) is 24.3 Å². The smallest absolute Gasteiger partial charge is 0.276 e. The maximum atomic E-state index is 12.5. The Hall–Kier alpha value is -2.40. The van der Waals surface area contributed by atoms with Gasteiger partial charge < -0.3 is 0 Å². The molecule has 0 spiro atoms. The van der Waals surface area contributed by atoms with Gasteiger partial charge in [-0.2, -0.15) is 0 Å². The molecule has 5 heteroatoms. The summed E-state index contributed by atoms with van der Waals surface area (Å²) in [4.78, 5) is 24.0. The highest BCUT2D eigenvalue weighted by atomic mass is 32.2. The summed E-state index contributed by atoms with van der Waals surface area (Å²) in [6.07, 6.45) is 1.63. The molecule has 0 aliphatic carbocycles. The second-order valence-electron chi connectivity index (χ2n) is 4.60. The minimum Gasteiger partial charge on any atom is -0.289 e. The fraction of sp³-hybridized carbons (Fsp3) is 0.0625. The summed E-state index contributed by atoms with van der Waals surface area (Å²) in [6.45, 7) is 0. The molecule has 0 N–H and O–H groups in total. The van der Waals surface area contributed by atoms with Gasteiger partial charge in [0.25, 0.3) is 5.69 Å². The van der Waals surface area contributed by atoms with Crippen molar-refractivity contribution < 1.29 is 9.72 Å². The van der Waals surface area contributed by atoms with Crippen LogP contribution in [0.15, 0.2) is 59.0 Å². The molecule has 3 rings (SSSR count). The summed E-state index contributed by atoms with van der Waals surface area (Å²) >= 11 is 1.58. The zero-order valence-corrected chi connectivity index (χ0v) is 11.8. The van der Waals surface area contributed by atoms with Gasteiger partial charge in [0, 0.05) is 27.9 Å². The van der Waals surface area contributed by atoms with E-state index >= 15 is 0 Å². The summed E-state index contributed by atoms with van der Waals surface area (Å²) < 4.78 is 0. The van der Waals surface area contributed by atoms with Crippen molar-refractivity contribution in [3.05, 3.63) is 75.3 Å². The number of hydrogen-bond donors (Lipinski definition) is 0. The fourth-order valence-corrected chi connectivity index (χ4v) is 3.26. The van der Waals surface area contributed by atoms with E-state index in [1.807, 2.05) is 18.2 Å². The SMILES string of the molecule is O=C1/C(=C/c2ccccc2[N+](=O)[O-])CSc2ccccc21. The van der Waals surface area contributed by atoms with Crippen LogP contribution in [0.5, 0.6) is 0 Å². The van der Waals surface area contributed by atoms with Gasteiger partial charge in [0.05, 0.1) is 10.5 Å². The molecule has 1 aliphatic rings. The predicted molar refractivity (Wildman–Crippen MR) is 82.6 cm³/mol. The molecule has 0 amide bonds. The average molecular weight is 297 g/mol. The van der Waals surface area contributed by atoms with Gasteiger partial charge in [0.1, 0.15) is 0 Å². The molecule has 0 saturated carbocycles. The van der Waals surface area contributed by atoms with E-state index in [9.17, 15) is 14.9 Å². The van der Waals surface area contributed by atoms with E-state index in [1.54, 1.807) is 42.1 Å². The van der Waals surface area contributed by atoms with Crippen molar-refractivity contribution in [1.82, 2.24) is 0 Å². The Kier molecular flexibility index (Phi) is 3.58. The number of nitro benzene ring substituents is 1. The van der Waals surface area contributed by atoms with Crippen LogP contribution in [0.3, 0.4) is 0 Å². The van der Waals surface area contributed by atoms with Gasteiger partial charge in [0.15, 0.2) is 5.78 Å². The number of ketones is 1. The molecule has 104 valence electrons. The molecule has 21 heavy (non-hydrogen) atoms. The van der Waals surface area contributed by atoms with Crippen LogP contribution in [0.25, 0.3) is 6.08 Å². The van der Waals surface area contributed by atoms with Gasteiger partial charge >= 0.3 is 0 Å². The van der Waals surface area contributed by atoms with Gasteiger partial charge in [-0.3, -0.25) is 14.9 Å². The minimum absolute atomic E-state index is 0.0154. The summed E-state index contributed by atoms with van der Waals surface area (Å²) in [5.74, 6) is 0.476. The Morgan fingerprint density at radius 1 is 1.10 bits per heavy atom. The van der Waals surface area contributed by atoms with Crippen LogP contribution in [0, 0.1) is 10.1 Å². The zero-order chi connectivity index (χ0) is 14.8. The highest BCUT2D eigenvalue weighted by Gasteiger charge is 2.23. The molecule has 1 heterocycles. The summed E-state index contributed by atoms with van der Waals surface area (Å²) in [5.41, 5.74) is 1.74. The van der Waals surface area contributed by atoms with Gasteiger partial charge in [-0.25, -0.2) is 0 Å². The van der Waals surface area contributed by atoms with E-state index < -0.39 is 4.92 Å². The Balaban J connectivity index is 2.03. The van der Waals surface area contributed by atoms with Crippen LogP contribution in [0.2, 0.25) is 0 Å². The monoisotopic (exact) mass is 297 g/mol. The minimum atomic E-state index is -0.430. The second-order valence-corrected chi connectivity index (χ2v) is 5.62. The third-order valence-electron chi connectivity index (χ3n) is 3.27. The number of para-hydroxylation sites is 1. The third kappa shape index (κ3) is 2.60. The van der Waals surface area contributed by atoms with Crippen LogP contribution in [0.1, 0.15) is 15.9 Å². The van der Waals surface area contributed by atoms with Crippen molar-refractivity contribution in [2.24, 2.45) is 0 Å². The van der Waals surface area contributed by atoms with Crippen LogP contribution in [-0.4, -0.2) is 16.5 Å². The Morgan fingerprint density at radius 3 is 2.62 bits per heavy atom.